The summed E-state index contributed by atoms with van der Waals surface area (Å²) in [6.45, 7) is 7.91. The van der Waals surface area contributed by atoms with Crippen molar-refractivity contribution in [3.05, 3.63) is 30.3 Å². The predicted molar refractivity (Wildman–Crippen MR) is 92.1 cm³/mol. The van der Waals surface area contributed by atoms with Crippen LogP contribution < -0.4 is 0 Å². The van der Waals surface area contributed by atoms with Gasteiger partial charge in [0.05, 0.1) is 0 Å². The average molecular weight is 327 g/mol. The van der Waals surface area contributed by atoms with Crippen LogP contribution in [0.3, 0.4) is 0 Å². The number of amides is 1. The number of carbonyl (C=O) groups is 1. The van der Waals surface area contributed by atoms with Crippen molar-refractivity contribution in [2.75, 3.05) is 13.1 Å². The number of rotatable bonds is 4. The van der Waals surface area contributed by atoms with Gasteiger partial charge in [0, 0.05) is 18.7 Å². The standard InChI is InChI=1S/C18H25N5O/c1-13(2)16(18(24)22-11-7-8-14(3)12-22)23-20-17(19-21-23)15-9-5-4-6-10-15/h4-6,9-10,13-14,16H,7-8,11-12H2,1-3H3. The van der Waals surface area contributed by atoms with Gasteiger partial charge in [-0.15, -0.1) is 10.2 Å². The number of carbonyl (C=O) groups excluding carboxylic acids is 1. The summed E-state index contributed by atoms with van der Waals surface area (Å²) in [5, 5.41) is 12.8. The summed E-state index contributed by atoms with van der Waals surface area (Å²) >= 11 is 0. The lowest BCUT2D eigenvalue weighted by molar-refractivity contribution is -0.138. The molecule has 0 saturated carbocycles. The molecule has 1 fully saturated rings. The first-order valence-electron chi connectivity index (χ1n) is 8.70. The highest BCUT2D eigenvalue weighted by molar-refractivity contribution is 5.80. The van der Waals surface area contributed by atoms with E-state index in [1.54, 1.807) is 0 Å². The van der Waals surface area contributed by atoms with Crippen molar-refractivity contribution in [1.29, 1.82) is 0 Å². The van der Waals surface area contributed by atoms with Gasteiger partial charge in [-0.05, 0) is 29.9 Å². The van der Waals surface area contributed by atoms with Gasteiger partial charge in [-0.2, -0.15) is 4.80 Å². The van der Waals surface area contributed by atoms with E-state index in [0.29, 0.717) is 11.7 Å². The smallest absolute Gasteiger partial charge is 0.249 e. The van der Waals surface area contributed by atoms with Gasteiger partial charge in [0.25, 0.3) is 0 Å². The SMILES string of the molecule is CC1CCCN(C(=O)C(C(C)C)n2nnc(-c3ccccc3)n2)C1. The number of tetrazole rings is 1. The van der Waals surface area contributed by atoms with Gasteiger partial charge in [0.1, 0.15) is 0 Å². The first kappa shape index (κ1) is 16.6. The number of hydrogen-bond donors (Lipinski definition) is 0. The van der Waals surface area contributed by atoms with E-state index in [-0.39, 0.29) is 11.8 Å². The fourth-order valence-electron chi connectivity index (χ4n) is 3.27. The minimum Gasteiger partial charge on any atom is -0.341 e. The first-order chi connectivity index (χ1) is 11.6. The van der Waals surface area contributed by atoms with Crippen molar-refractivity contribution < 1.29 is 4.79 Å². The average Bonchev–Trinajstić information content (AvgIpc) is 3.05. The maximum atomic E-state index is 13.0. The molecule has 3 rings (SSSR count). The second-order valence-electron chi connectivity index (χ2n) is 7.02. The molecule has 1 amide bonds. The molecule has 1 aromatic carbocycles. The summed E-state index contributed by atoms with van der Waals surface area (Å²) in [4.78, 5) is 16.5. The topological polar surface area (TPSA) is 63.9 Å². The van der Waals surface area contributed by atoms with E-state index in [0.717, 1.165) is 25.1 Å². The summed E-state index contributed by atoms with van der Waals surface area (Å²) in [5.41, 5.74) is 0.908. The minimum atomic E-state index is -0.403. The quantitative estimate of drug-likeness (QED) is 0.866. The summed E-state index contributed by atoms with van der Waals surface area (Å²) in [7, 11) is 0. The molecule has 2 unspecified atom stereocenters. The van der Waals surface area contributed by atoms with Crippen LogP contribution in [0.15, 0.2) is 30.3 Å². The van der Waals surface area contributed by atoms with Crippen LogP contribution in [-0.4, -0.2) is 44.1 Å². The van der Waals surface area contributed by atoms with Gasteiger partial charge in [-0.1, -0.05) is 51.1 Å². The van der Waals surface area contributed by atoms with Crippen LogP contribution in [-0.2, 0) is 4.79 Å². The number of aromatic nitrogens is 4. The Morgan fingerprint density at radius 2 is 2.00 bits per heavy atom. The third-order valence-corrected chi connectivity index (χ3v) is 4.56. The van der Waals surface area contributed by atoms with E-state index in [4.69, 9.17) is 0 Å². The number of piperidine rings is 1. The third-order valence-electron chi connectivity index (χ3n) is 4.56. The van der Waals surface area contributed by atoms with Gasteiger partial charge in [0.2, 0.25) is 11.7 Å². The first-order valence-corrected chi connectivity index (χ1v) is 8.70. The maximum Gasteiger partial charge on any atom is 0.249 e. The molecular weight excluding hydrogens is 302 g/mol. The van der Waals surface area contributed by atoms with Crippen LogP contribution in [0.1, 0.15) is 39.7 Å². The van der Waals surface area contributed by atoms with Crippen LogP contribution in [0.25, 0.3) is 11.4 Å². The summed E-state index contributed by atoms with van der Waals surface area (Å²) in [6.07, 6.45) is 2.26. The Morgan fingerprint density at radius 3 is 2.67 bits per heavy atom. The maximum absolute atomic E-state index is 13.0. The molecule has 1 aromatic heterocycles. The molecule has 0 aliphatic carbocycles. The van der Waals surface area contributed by atoms with Crippen molar-refractivity contribution in [1.82, 2.24) is 25.1 Å². The fraction of sp³-hybridized carbons (Fsp3) is 0.556. The van der Waals surface area contributed by atoms with Crippen LogP contribution >= 0.6 is 0 Å². The summed E-state index contributed by atoms with van der Waals surface area (Å²) < 4.78 is 0. The van der Waals surface area contributed by atoms with Crippen LogP contribution in [0, 0.1) is 11.8 Å². The van der Waals surface area contributed by atoms with E-state index >= 15 is 0 Å². The number of benzene rings is 1. The molecular formula is C18H25N5O. The van der Waals surface area contributed by atoms with Gasteiger partial charge >= 0.3 is 0 Å². The molecule has 0 bridgehead atoms. The Labute approximate surface area is 142 Å². The second kappa shape index (κ2) is 7.11. The molecule has 24 heavy (non-hydrogen) atoms. The molecule has 2 heterocycles. The molecule has 6 heteroatoms. The molecule has 1 aliphatic rings. The molecule has 0 spiro atoms. The zero-order valence-electron chi connectivity index (χ0n) is 14.6. The minimum absolute atomic E-state index is 0.104. The zero-order valence-corrected chi connectivity index (χ0v) is 14.6. The van der Waals surface area contributed by atoms with Crippen LogP contribution in [0.4, 0.5) is 0 Å². The fourth-order valence-corrected chi connectivity index (χ4v) is 3.27. The predicted octanol–water partition coefficient (Wildman–Crippen LogP) is 2.80. The van der Waals surface area contributed by atoms with E-state index in [1.165, 1.54) is 11.2 Å². The Kier molecular flexibility index (Phi) is 4.92. The normalized spacial score (nSPS) is 19.5. The van der Waals surface area contributed by atoms with E-state index in [1.807, 2.05) is 49.1 Å². The van der Waals surface area contributed by atoms with Gasteiger partial charge in [-0.25, -0.2) is 0 Å². The van der Waals surface area contributed by atoms with E-state index < -0.39 is 6.04 Å². The van der Waals surface area contributed by atoms with Gasteiger partial charge < -0.3 is 4.90 Å². The lowest BCUT2D eigenvalue weighted by atomic mass is 9.97. The van der Waals surface area contributed by atoms with E-state index in [2.05, 4.69) is 22.3 Å². The van der Waals surface area contributed by atoms with E-state index in [9.17, 15) is 4.79 Å². The molecule has 0 radical (unpaired) electrons. The Balaban J connectivity index is 1.83. The van der Waals surface area contributed by atoms with Crippen molar-refractivity contribution in [2.24, 2.45) is 11.8 Å². The highest BCUT2D eigenvalue weighted by atomic mass is 16.2. The Morgan fingerprint density at radius 1 is 1.25 bits per heavy atom. The molecule has 6 nitrogen and oxygen atoms in total. The van der Waals surface area contributed by atoms with Crippen LogP contribution in [0.5, 0.6) is 0 Å². The molecule has 2 aromatic rings. The largest absolute Gasteiger partial charge is 0.341 e. The van der Waals surface area contributed by atoms with Crippen LogP contribution in [0.2, 0.25) is 0 Å². The highest BCUT2D eigenvalue weighted by Crippen LogP contribution is 2.24. The highest BCUT2D eigenvalue weighted by Gasteiger charge is 2.32. The summed E-state index contributed by atoms with van der Waals surface area (Å²) in [5.74, 6) is 1.32. The number of nitrogens with zero attached hydrogens (tertiary/aromatic N) is 5. The lowest BCUT2D eigenvalue weighted by Crippen LogP contribution is -2.44. The third kappa shape index (κ3) is 3.47. The molecule has 1 saturated heterocycles. The second-order valence-corrected chi connectivity index (χ2v) is 7.02. The van der Waals surface area contributed by atoms with Crippen molar-refractivity contribution in [2.45, 2.75) is 39.7 Å². The molecule has 128 valence electrons. The van der Waals surface area contributed by atoms with Crippen molar-refractivity contribution in [3.8, 4) is 11.4 Å². The Bertz CT molecular complexity index is 682. The summed E-state index contributed by atoms with van der Waals surface area (Å²) in [6, 6.07) is 9.32. The zero-order chi connectivity index (χ0) is 17.1. The number of likely N-dealkylation sites (tertiary alicyclic amines) is 1. The molecule has 1 aliphatic heterocycles. The Hall–Kier alpha value is -2.24. The number of hydrogen-bond acceptors (Lipinski definition) is 4. The molecule has 0 N–H and O–H groups in total. The van der Waals surface area contributed by atoms with Crippen molar-refractivity contribution in [3.63, 3.8) is 0 Å². The monoisotopic (exact) mass is 327 g/mol. The van der Waals surface area contributed by atoms with Crippen molar-refractivity contribution >= 4 is 5.91 Å². The lowest BCUT2D eigenvalue weighted by Gasteiger charge is -2.34. The van der Waals surface area contributed by atoms with Gasteiger partial charge in [0.15, 0.2) is 6.04 Å². The van der Waals surface area contributed by atoms with Gasteiger partial charge in [-0.3, -0.25) is 4.79 Å². The molecule has 2 atom stereocenters.